The molecule has 0 aliphatic carbocycles. The van der Waals surface area contributed by atoms with Gasteiger partial charge in [0.2, 0.25) is 0 Å². The fourth-order valence-corrected chi connectivity index (χ4v) is 3.89. The summed E-state index contributed by atoms with van der Waals surface area (Å²) in [7, 11) is 0. The molecule has 0 aliphatic rings. The van der Waals surface area contributed by atoms with Crippen LogP contribution in [0.3, 0.4) is 0 Å². The summed E-state index contributed by atoms with van der Waals surface area (Å²) in [5, 5.41) is 17.0. The minimum atomic E-state index is -0.380. The van der Waals surface area contributed by atoms with Crippen molar-refractivity contribution in [3.8, 4) is 0 Å². The van der Waals surface area contributed by atoms with E-state index < -0.39 is 0 Å². The van der Waals surface area contributed by atoms with Crippen LogP contribution in [0, 0.1) is 10.1 Å². The van der Waals surface area contributed by atoms with Gasteiger partial charge < -0.3 is 0 Å². The van der Waals surface area contributed by atoms with Crippen molar-refractivity contribution in [3.63, 3.8) is 0 Å². The fraction of sp³-hybridized carbons (Fsp3) is 0. The van der Waals surface area contributed by atoms with Gasteiger partial charge in [0, 0.05) is 23.3 Å². The van der Waals surface area contributed by atoms with Crippen LogP contribution < -0.4 is 0 Å². The number of hydrogen-bond donors (Lipinski definition) is 0. The molecule has 5 rings (SSSR count). The van der Waals surface area contributed by atoms with Gasteiger partial charge in [-0.05, 0) is 44.5 Å². The summed E-state index contributed by atoms with van der Waals surface area (Å²) in [5.74, 6) is -0.00146. The van der Waals surface area contributed by atoms with Gasteiger partial charge >= 0.3 is 0 Å². The van der Waals surface area contributed by atoms with Gasteiger partial charge in [-0.25, -0.2) is 0 Å². The second-order valence-corrected chi connectivity index (χ2v) is 7.02. The zero-order chi connectivity index (χ0) is 20.0. The van der Waals surface area contributed by atoms with Crippen molar-refractivity contribution in [1.29, 1.82) is 0 Å². The molecular formula is C25H15NO3. The van der Waals surface area contributed by atoms with Gasteiger partial charge in [-0.15, -0.1) is 0 Å². The molecule has 138 valence electrons. The lowest BCUT2D eigenvalue weighted by Crippen LogP contribution is -2.00. The third-order valence-electron chi connectivity index (χ3n) is 5.33. The number of non-ortho nitro benzene ring substituents is 1. The maximum atomic E-state index is 12.8. The van der Waals surface area contributed by atoms with Gasteiger partial charge in [0.05, 0.1) is 4.92 Å². The Morgan fingerprint density at radius 3 is 1.86 bits per heavy atom. The Morgan fingerprint density at radius 2 is 1.21 bits per heavy atom. The van der Waals surface area contributed by atoms with E-state index in [2.05, 4.69) is 0 Å². The van der Waals surface area contributed by atoms with Crippen molar-refractivity contribution in [2.24, 2.45) is 0 Å². The van der Waals surface area contributed by atoms with E-state index in [1.165, 1.54) is 6.07 Å². The molecule has 4 nitrogen and oxygen atoms in total. The molecular weight excluding hydrogens is 362 g/mol. The number of carbonyl (C=O) groups excluding carboxylic acids is 1. The summed E-state index contributed by atoms with van der Waals surface area (Å²) >= 11 is 0. The summed E-state index contributed by atoms with van der Waals surface area (Å²) in [6.45, 7) is 0. The van der Waals surface area contributed by atoms with Crippen molar-refractivity contribution >= 4 is 43.8 Å². The van der Waals surface area contributed by atoms with Crippen LogP contribution in [-0.4, -0.2) is 10.7 Å². The Labute approximate surface area is 166 Å². The lowest BCUT2D eigenvalue weighted by atomic mass is 9.94. The van der Waals surface area contributed by atoms with E-state index in [4.69, 9.17) is 0 Å². The molecule has 0 radical (unpaired) electrons. The van der Waals surface area contributed by atoms with Crippen LogP contribution in [0.1, 0.15) is 15.9 Å². The highest BCUT2D eigenvalue weighted by molar-refractivity contribution is 6.19. The number of nitrogens with zero attached hydrogens (tertiary/aromatic N) is 1. The highest BCUT2D eigenvalue weighted by Crippen LogP contribution is 2.33. The molecule has 0 atom stereocenters. The number of rotatable bonds is 3. The number of ketones is 1. The Kier molecular flexibility index (Phi) is 3.85. The monoisotopic (exact) mass is 377 g/mol. The first-order valence-electron chi connectivity index (χ1n) is 9.25. The number of benzene rings is 5. The summed E-state index contributed by atoms with van der Waals surface area (Å²) < 4.78 is 0. The zero-order valence-corrected chi connectivity index (χ0v) is 15.3. The zero-order valence-electron chi connectivity index (χ0n) is 15.3. The van der Waals surface area contributed by atoms with Crippen LogP contribution in [-0.2, 0) is 0 Å². The van der Waals surface area contributed by atoms with Crippen molar-refractivity contribution < 1.29 is 9.72 Å². The van der Waals surface area contributed by atoms with E-state index in [1.54, 1.807) is 12.1 Å². The Morgan fingerprint density at radius 1 is 0.621 bits per heavy atom. The normalized spacial score (nSPS) is 11.2. The summed E-state index contributed by atoms with van der Waals surface area (Å²) in [6.07, 6.45) is 0. The highest BCUT2D eigenvalue weighted by Gasteiger charge is 2.12. The lowest BCUT2D eigenvalue weighted by Gasteiger charge is -2.09. The molecule has 0 N–H and O–H groups in total. The van der Waals surface area contributed by atoms with Gasteiger partial charge in [-0.3, -0.25) is 14.9 Å². The first-order valence-corrected chi connectivity index (χ1v) is 9.25. The molecule has 0 fully saturated rings. The van der Waals surface area contributed by atoms with Gasteiger partial charge in [-0.1, -0.05) is 66.7 Å². The predicted molar refractivity (Wildman–Crippen MR) is 115 cm³/mol. The van der Waals surface area contributed by atoms with Crippen LogP contribution in [0.15, 0.2) is 91.0 Å². The van der Waals surface area contributed by atoms with Crippen molar-refractivity contribution in [2.45, 2.75) is 0 Å². The predicted octanol–water partition coefficient (Wildman–Crippen LogP) is 6.29. The van der Waals surface area contributed by atoms with E-state index >= 15 is 0 Å². The lowest BCUT2D eigenvalue weighted by molar-refractivity contribution is -0.384. The molecule has 5 aromatic carbocycles. The minimum absolute atomic E-state index is 0.00146. The fourth-order valence-electron chi connectivity index (χ4n) is 3.89. The van der Waals surface area contributed by atoms with E-state index in [0.29, 0.717) is 11.1 Å². The Hall–Kier alpha value is -4.05. The maximum Gasteiger partial charge on any atom is 0.270 e. The molecule has 0 unspecified atom stereocenters. The molecule has 0 amide bonds. The molecule has 29 heavy (non-hydrogen) atoms. The van der Waals surface area contributed by atoms with E-state index in [9.17, 15) is 14.9 Å². The summed E-state index contributed by atoms with van der Waals surface area (Å²) in [4.78, 5) is 23.4. The third-order valence-corrected chi connectivity index (χ3v) is 5.33. The molecule has 0 saturated heterocycles. The number of nitro benzene ring substituents is 1. The SMILES string of the molecule is O=C(c1ccccc1)c1ccc2c(ccc3c4ccc([N+](=O)[O-])cc4ccc23)c1. The van der Waals surface area contributed by atoms with Crippen molar-refractivity contribution in [1.82, 2.24) is 0 Å². The standard InChI is InChI=1S/C25H15NO3/c27-25(16-4-2-1-3-5-16)19-8-10-21-17(14-19)6-11-24-22-13-9-20(26(28)29)15-18(22)7-12-23(21)24/h1-15H. The average Bonchev–Trinajstić information content (AvgIpc) is 2.77. The highest BCUT2D eigenvalue weighted by atomic mass is 16.6. The van der Waals surface area contributed by atoms with Gasteiger partial charge in [0.1, 0.15) is 0 Å². The van der Waals surface area contributed by atoms with E-state index in [1.807, 2.05) is 72.8 Å². The molecule has 0 bridgehead atoms. The first-order chi connectivity index (χ1) is 14.1. The molecule has 0 spiro atoms. The van der Waals surface area contributed by atoms with Crippen molar-refractivity contribution in [2.75, 3.05) is 0 Å². The topological polar surface area (TPSA) is 60.2 Å². The molecule has 0 aromatic heterocycles. The Balaban J connectivity index is 1.68. The van der Waals surface area contributed by atoms with Gasteiger partial charge in [0.25, 0.3) is 5.69 Å². The number of hydrogen-bond acceptors (Lipinski definition) is 3. The average molecular weight is 377 g/mol. The number of carbonyl (C=O) groups is 1. The number of nitro groups is 1. The minimum Gasteiger partial charge on any atom is -0.289 e. The smallest absolute Gasteiger partial charge is 0.270 e. The summed E-state index contributed by atoms with van der Waals surface area (Å²) in [5.41, 5.74) is 1.40. The largest absolute Gasteiger partial charge is 0.289 e. The van der Waals surface area contributed by atoms with Crippen molar-refractivity contribution in [3.05, 3.63) is 112 Å². The molecule has 0 heterocycles. The second kappa shape index (κ2) is 6.53. The third kappa shape index (κ3) is 2.82. The van der Waals surface area contributed by atoms with E-state index in [0.717, 1.165) is 32.3 Å². The maximum absolute atomic E-state index is 12.8. The Bertz CT molecular complexity index is 1440. The van der Waals surface area contributed by atoms with Gasteiger partial charge in [-0.2, -0.15) is 0 Å². The van der Waals surface area contributed by atoms with Crippen LogP contribution in [0.2, 0.25) is 0 Å². The van der Waals surface area contributed by atoms with Crippen LogP contribution in [0.25, 0.3) is 32.3 Å². The molecule has 0 aliphatic heterocycles. The second-order valence-electron chi connectivity index (χ2n) is 7.02. The summed E-state index contributed by atoms with van der Waals surface area (Å²) in [6, 6.07) is 27.8. The van der Waals surface area contributed by atoms with Crippen LogP contribution in [0.5, 0.6) is 0 Å². The first kappa shape index (κ1) is 17.1. The van der Waals surface area contributed by atoms with E-state index in [-0.39, 0.29) is 16.4 Å². The quantitative estimate of drug-likeness (QED) is 0.161. The van der Waals surface area contributed by atoms with Crippen LogP contribution >= 0.6 is 0 Å². The van der Waals surface area contributed by atoms with Gasteiger partial charge in [0.15, 0.2) is 5.78 Å². The van der Waals surface area contributed by atoms with Crippen LogP contribution in [0.4, 0.5) is 5.69 Å². The molecule has 4 heteroatoms. The molecule has 5 aromatic rings. The molecule has 0 saturated carbocycles. The number of fused-ring (bicyclic) bond motifs is 5.